The largest absolute Gasteiger partial charge is 0.468 e. The Kier molecular flexibility index (Phi) is 3.79. The Balaban J connectivity index is 2.05. The molecule has 1 aliphatic heterocycles. The Bertz CT molecular complexity index is 358. The fourth-order valence-electron chi connectivity index (χ4n) is 1.70. The number of pyridine rings is 1. The van der Waals surface area contributed by atoms with Crippen molar-refractivity contribution < 1.29 is 9.53 Å². The van der Waals surface area contributed by atoms with Gasteiger partial charge in [0.15, 0.2) is 0 Å². The van der Waals surface area contributed by atoms with Crippen molar-refractivity contribution in [1.82, 2.24) is 10.3 Å². The number of ether oxygens (including phenoxy) is 1. The van der Waals surface area contributed by atoms with Crippen LogP contribution in [0.2, 0.25) is 0 Å². The molecule has 0 saturated carbocycles. The molecule has 1 saturated heterocycles. The number of thioether (sulfide) groups is 1. The summed E-state index contributed by atoms with van der Waals surface area (Å²) in [5.41, 5.74) is 1.11. The second kappa shape index (κ2) is 5.32. The fraction of sp³-hybridized carbons (Fsp3) is 0.455. The molecule has 1 aliphatic rings. The molecule has 5 heteroatoms. The highest BCUT2D eigenvalue weighted by Crippen LogP contribution is 2.24. The molecule has 16 heavy (non-hydrogen) atoms. The molecule has 0 radical (unpaired) electrons. The molecule has 86 valence electrons. The van der Waals surface area contributed by atoms with Crippen LogP contribution < -0.4 is 5.32 Å². The third-order valence-corrected chi connectivity index (χ3v) is 3.68. The van der Waals surface area contributed by atoms with Crippen molar-refractivity contribution in [2.24, 2.45) is 0 Å². The molecule has 0 aliphatic carbocycles. The van der Waals surface area contributed by atoms with E-state index in [9.17, 15) is 4.79 Å². The molecular weight excluding hydrogens is 224 g/mol. The number of carbonyl (C=O) groups is 1. The fourth-order valence-corrected chi connectivity index (χ4v) is 2.82. The van der Waals surface area contributed by atoms with Gasteiger partial charge in [-0.05, 0) is 11.6 Å². The number of hydrogen-bond donors (Lipinski definition) is 1. The maximum atomic E-state index is 11.4. The van der Waals surface area contributed by atoms with Crippen LogP contribution in [0.1, 0.15) is 11.6 Å². The number of hydrogen-bond acceptors (Lipinski definition) is 5. The summed E-state index contributed by atoms with van der Waals surface area (Å²) in [6.45, 7) is 0. The van der Waals surface area contributed by atoms with Gasteiger partial charge in [0.2, 0.25) is 0 Å². The number of nitrogens with one attached hydrogen (secondary N) is 1. The van der Waals surface area contributed by atoms with E-state index < -0.39 is 0 Å². The summed E-state index contributed by atoms with van der Waals surface area (Å²) >= 11 is 1.76. The molecule has 0 bridgehead atoms. The minimum absolute atomic E-state index is 0.177. The number of carbonyl (C=O) groups excluding carboxylic acids is 1. The molecule has 1 N–H and O–H groups in total. The lowest BCUT2D eigenvalue weighted by Gasteiger charge is -2.29. The van der Waals surface area contributed by atoms with Crippen LogP contribution in [0, 0.1) is 0 Å². The van der Waals surface area contributed by atoms with Gasteiger partial charge in [-0.3, -0.25) is 15.1 Å². The van der Waals surface area contributed by atoms with E-state index in [-0.39, 0.29) is 18.1 Å². The minimum atomic E-state index is -0.214. The van der Waals surface area contributed by atoms with E-state index >= 15 is 0 Å². The zero-order valence-corrected chi connectivity index (χ0v) is 9.87. The van der Waals surface area contributed by atoms with Crippen LogP contribution in [-0.2, 0) is 9.53 Å². The number of methoxy groups -OCH3 is 1. The van der Waals surface area contributed by atoms with Crippen LogP contribution in [0.4, 0.5) is 0 Å². The minimum Gasteiger partial charge on any atom is -0.468 e. The second-order valence-electron chi connectivity index (χ2n) is 3.62. The van der Waals surface area contributed by atoms with Crippen molar-refractivity contribution in [1.29, 1.82) is 0 Å². The van der Waals surface area contributed by atoms with E-state index in [1.807, 2.05) is 18.3 Å². The van der Waals surface area contributed by atoms with Gasteiger partial charge in [0.05, 0.1) is 7.11 Å². The molecule has 2 heterocycles. The maximum absolute atomic E-state index is 11.4. The Labute approximate surface area is 98.8 Å². The smallest absolute Gasteiger partial charge is 0.323 e. The standard InChI is InChI=1S/C11H14N2O2S/c1-15-11(14)10-7-16-6-9(13-10)8-3-2-4-12-5-8/h2-5,9-10,13H,6-7H2,1H3/t9-,10+/m1/s1. The van der Waals surface area contributed by atoms with E-state index in [1.54, 1.807) is 18.0 Å². The lowest BCUT2D eigenvalue weighted by atomic mass is 10.1. The van der Waals surface area contributed by atoms with Gasteiger partial charge in [0, 0.05) is 29.9 Å². The predicted molar refractivity (Wildman–Crippen MR) is 63.2 cm³/mol. The average Bonchev–Trinajstić information content (AvgIpc) is 2.39. The number of rotatable bonds is 2. The van der Waals surface area contributed by atoms with E-state index in [1.165, 1.54) is 7.11 Å². The molecule has 1 fully saturated rings. The van der Waals surface area contributed by atoms with E-state index in [0.29, 0.717) is 0 Å². The van der Waals surface area contributed by atoms with Crippen molar-refractivity contribution in [2.75, 3.05) is 18.6 Å². The zero-order chi connectivity index (χ0) is 11.4. The first kappa shape index (κ1) is 11.4. The first-order valence-corrected chi connectivity index (χ1v) is 6.28. The van der Waals surface area contributed by atoms with Gasteiger partial charge >= 0.3 is 5.97 Å². The highest BCUT2D eigenvalue weighted by atomic mass is 32.2. The van der Waals surface area contributed by atoms with E-state index in [4.69, 9.17) is 4.74 Å². The molecule has 0 aromatic carbocycles. The quantitative estimate of drug-likeness (QED) is 0.779. The number of esters is 1. The van der Waals surface area contributed by atoms with Gasteiger partial charge in [-0.25, -0.2) is 0 Å². The Morgan fingerprint density at radius 2 is 2.50 bits per heavy atom. The van der Waals surface area contributed by atoms with Gasteiger partial charge in [-0.2, -0.15) is 11.8 Å². The monoisotopic (exact) mass is 238 g/mol. The van der Waals surface area contributed by atoms with Crippen molar-refractivity contribution in [3.63, 3.8) is 0 Å². The topological polar surface area (TPSA) is 51.2 Å². The summed E-state index contributed by atoms with van der Waals surface area (Å²) in [7, 11) is 1.42. The van der Waals surface area contributed by atoms with Crippen molar-refractivity contribution in [2.45, 2.75) is 12.1 Å². The van der Waals surface area contributed by atoms with E-state index in [0.717, 1.165) is 17.1 Å². The third kappa shape index (κ3) is 2.54. The molecule has 1 aromatic rings. The summed E-state index contributed by atoms with van der Waals surface area (Å²) in [6.07, 6.45) is 3.58. The van der Waals surface area contributed by atoms with Crippen molar-refractivity contribution in [3.8, 4) is 0 Å². The normalized spacial score (nSPS) is 25.1. The van der Waals surface area contributed by atoms with Gasteiger partial charge in [-0.1, -0.05) is 6.07 Å². The van der Waals surface area contributed by atoms with Gasteiger partial charge in [0.1, 0.15) is 6.04 Å². The Morgan fingerprint density at radius 1 is 1.62 bits per heavy atom. The maximum Gasteiger partial charge on any atom is 0.323 e. The van der Waals surface area contributed by atoms with Crippen LogP contribution >= 0.6 is 11.8 Å². The van der Waals surface area contributed by atoms with Gasteiger partial charge in [-0.15, -0.1) is 0 Å². The third-order valence-electron chi connectivity index (χ3n) is 2.54. The first-order valence-electron chi connectivity index (χ1n) is 5.13. The van der Waals surface area contributed by atoms with Crippen molar-refractivity contribution >= 4 is 17.7 Å². The second-order valence-corrected chi connectivity index (χ2v) is 4.69. The molecule has 4 nitrogen and oxygen atoms in total. The SMILES string of the molecule is COC(=O)[C@@H]1CSC[C@H](c2cccnc2)N1. The first-order chi connectivity index (χ1) is 7.81. The summed E-state index contributed by atoms with van der Waals surface area (Å²) in [6, 6.07) is 3.89. The average molecular weight is 238 g/mol. The Morgan fingerprint density at radius 3 is 3.19 bits per heavy atom. The highest BCUT2D eigenvalue weighted by Gasteiger charge is 2.28. The zero-order valence-electron chi connectivity index (χ0n) is 9.05. The van der Waals surface area contributed by atoms with Gasteiger partial charge in [0.25, 0.3) is 0 Å². The molecule has 2 rings (SSSR count). The molecule has 2 atom stereocenters. The van der Waals surface area contributed by atoms with Gasteiger partial charge < -0.3 is 4.74 Å². The molecule has 0 unspecified atom stereocenters. The molecular formula is C11H14N2O2S. The Hall–Kier alpha value is -1.07. The molecule has 0 amide bonds. The highest BCUT2D eigenvalue weighted by molar-refractivity contribution is 7.99. The molecule has 1 aromatic heterocycles. The molecule has 0 spiro atoms. The van der Waals surface area contributed by atoms with Crippen LogP contribution in [0.25, 0.3) is 0 Å². The van der Waals surface area contributed by atoms with Crippen LogP contribution in [0.3, 0.4) is 0 Å². The lowest BCUT2D eigenvalue weighted by Crippen LogP contribution is -2.45. The van der Waals surface area contributed by atoms with Crippen LogP contribution in [0.5, 0.6) is 0 Å². The van der Waals surface area contributed by atoms with E-state index in [2.05, 4.69) is 10.3 Å². The van der Waals surface area contributed by atoms with Crippen LogP contribution in [-0.4, -0.2) is 35.6 Å². The van der Waals surface area contributed by atoms with Crippen molar-refractivity contribution in [3.05, 3.63) is 30.1 Å². The number of aromatic nitrogens is 1. The summed E-state index contributed by atoms with van der Waals surface area (Å²) in [5.74, 6) is 1.53. The van der Waals surface area contributed by atoms with Crippen LogP contribution in [0.15, 0.2) is 24.5 Å². The number of nitrogens with zero attached hydrogens (tertiary/aromatic N) is 1. The lowest BCUT2D eigenvalue weighted by molar-refractivity contribution is -0.142. The predicted octanol–water partition coefficient (Wildman–Crippen LogP) is 1.00. The summed E-state index contributed by atoms with van der Waals surface area (Å²) < 4.78 is 4.74. The summed E-state index contributed by atoms with van der Waals surface area (Å²) in [4.78, 5) is 15.5. The summed E-state index contributed by atoms with van der Waals surface area (Å²) in [5, 5.41) is 3.29.